The molecule has 1 aromatic heterocycles. The van der Waals surface area contributed by atoms with Crippen LogP contribution in [0.2, 0.25) is 5.15 Å². The van der Waals surface area contributed by atoms with Gasteiger partial charge in [-0.15, -0.1) is 0 Å². The summed E-state index contributed by atoms with van der Waals surface area (Å²) in [7, 11) is 1.46. The van der Waals surface area contributed by atoms with Gasteiger partial charge in [0.05, 0.1) is 17.9 Å². The Morgan fingerprint density at radius 2 is 2.23 bits per heavy atom. The van der Waals surface area contributed by atoms with E-state index in [1.165, 1.54) is 20.1 Å². The number of allylic oxidation sites excluding steroid dienone is 6. The van der Waals surface area contributed by atoms with Crippen LogP contribution >= 0.6 is 11.6 Å². The van der Waals surface area contributed by atoms with Gasteiger partial charge >= 0.3 is 0 Å². The van der Waals surface area contributed by atoms with E-state index < -0.39 is 0 Å². The molecule has 0 fully saturated rings. The molecule has 1 heterocycles. The quantitative estimate of drug-likeness (QED) is 0.714. The lowest BCUT2D eigenvalue weighted by atomic mass is 10.2. The third-order valence-corrected chi connectivity index (χ3v) is 3.88. The average molecular weight is 378 g/mol. The minimum absolute atomic E-state index is 0.0190. The molecule has 0 aliphatic carbocycles. The number of carbonyl (C=O) groups excluding carboxylic acids is 1. The van der Waals surface area contributed by atoms with Crippen LogP contribution in [0.15, 0.2) is 53.9 Å². The van der Waals surface area contributed by atoms with Gasteiger partial charge in [-0.05, 0) is 43.7 Å². The monoisotopic (exact) mass is 377 g/mol. The first-order valence-electron chi connectivity index (χ1n) is 8.05. The van der Waals surface area contributed by atoms with Gasteiger partial charge in [0, 0.05) is 18.2 Å². The third-order valence-electron chi connectivity index (χ3n) is 3.60. The SMILES string of the molecule is C\C=C(/C=C\C=C(/C)F)Cn1nc(Cl)c2cc(NC(=O)COC)ccc21. The summed E-state index contributed by atoms with van der Waals surface area (Å²) >= 11 is 6.25. The van der Waals surface area contributed by atoms with Crippen LogP contribution in [-0.4, -0.2) is 29.4 Å². The second-order valence-corrected chi connectivity index (χ2v) is 6.00. The molecule has 5 nitrogen and oxygen atoms in total. The van der Waals surface area contributed by atoms with Gasteiger partial charge in [-0.3, -0.25) is 9.48 Å². The number of hydrogen-bond acceptors (Lipinski definition) is 3. The van der Waals surface area contributed by atoms with E-state index in [0.29, 0.717) is 17.4 Å². The number of nitrogens with one attached hydrogen (secondary N) is 1. The number of methoxy groups -OCH3 is 1. The van der Waals surface area contributed by atoms with Gasteiger partial charge in [-0.25, -0.2) is 4.39 Å². The lowest BCUT2D eigenvalue weighted by molar-refractivity contribution is -0.119. The summed E-state index contributed by atoms with van der Waals surface area (Å²) in [5, 5.41) is 8.18. The van der Waals surface area contributed by atoms with Gasteiger partial charge in [0.25, 0.3) is 0 Å². The van der Waals surface area contributed by atoms with Gasteiger partial charge < -0.3 is 10.1 Å². The van der Waals surface area contributed by atoms with Crippen molar-refractivity contribution in [3.05, 3.63) is 59.1 Å². The molecule has 7 heteroatoms. The first kappa shape index (κ1) is 19.9. The Bertz CT molecular complexity index is 880. The minimum atomic E-state index is -0.257. The van der Waals surface area contributed by atoms with Crippen molar-refractivity contribution < 1.29 is 13.9 Å². The van der Waals surface area contributed by atoms with Crippen molar-refractivity contribution in [3.8, 4) is 0 Å². The van der Waals surface area contributed by atoms with Crippen molar-refractivity contribution in [2.75, 3.05) is 19.0 Å². The Hall–Kier alpha value is -2.44. The van der Waals surface area contributed by atoms with E-state index in [1.807, 2.05) is 25.1 Å². The largest absolute Gasteiger partial charge is 0.375 e. The maximum atomic E-state index is 12.8. The van der Waals surface area contributed by atoms with E-state index in [0.717, 1.165) is 16.5 Å². The molecule has 0 atom stereocenters. The molecule has 0 spiro atoms. The molecule has 0 saturated heterocycles. The summed E-state index contributed by atoms with van der Waals surface area (Å²) in [6.07, 6.45) is 6.80. The average Bonchev–Trinajstić information content (AvgIpc) is 2.89. The molecule has 0 radical (unpaired) electrons. The Balaban J connectivity index is 2.25. The van der Waals surface area contributed by atoms with Crippen LogP contribution in [0.4, 0.5) is 10.1 Å². The number of ether oxygens (including phenoxy) is 1. The maximum Gasteiger partial charge on any atom is 0.250 e. The lowest BCUT2D eigenvalue weighted by Gasteiger charge is -2.06. The molecule has 0 aliphatic heterocycles. The minimum Gasteiger partial charge on any atom is -0.375 e. The van der Waals surface area contributed by atoms with Gasteiger partial charge in [-0.2, -0.15) is 5.10 Å². The molecule has 0 aliphatic rings. The van der Waals surface area contributed by atoms with Crippen molar-refractivity contribution in [1.29, 1.82) is 0 Å². The van der Waals surface area contributed by atoms with E-state index in [2.05, 4.69) is 10.4 Å². The topological polar surface area (TPSA) is 56.2 Å². The zero-order valence-corrected chi connectivity index (χ0v) is 15.7. The number of amides is 1. The molecule has 138 valence electrons. The van der Waals surface area contributed by atoms with Gasteiger partial charge in [0.1, 0.15) is 6.61 Å². The summed E-state index contributed by atoms with van der Waals surface area (Å²) in [6.45, 7) is 3.77. The Morgan fingerprint density at radius 1 is 1.46 bits per heavy atom. The number of rotatable bonds is 7. The Kier molecular flexibility index (Phi) is 7.12. The summed E-state index contributed by atoms with van der Waals surface area (Å²) in [5.74, 6) is -0.500. The predicted octanol–water partition coefficient (Wildman–Crippen LogP) is 4.65. The van der Waals surface area contributed by atoms with Gasteiger partial charge in [0.15, 0.2) is 5.15 Å². The van der Waals surface area contributed by atoms with Crippen LogP contribution in [-0.2, 0) is 16.1 Å². The maximum absolute atomic E-state index is 12.8. The molecular formula is C19H21ClFN3O2. The van der Waals surface area contributed by atoms with E-state index >= 15 is 0 Å². The molecule has 1 amide bonds. The van der Waals surface area contributed by atoms with Gasteiger partial charge in [0.2, 0.25) is 5.91 Å². The molecule has 0 unspecified atom stereocenters. The highest BCUT2D eigenvalue weighted by molar-refractivity contribution is 6.34. The fourth-order valence-corrected chi connectivity index (χ4v) is 2.63. The summed E-state index contributed by atoms with van der Waals surface area (Å²) in [5.41, 5.74) is 2.42. The number of anilines is 1. The van der Waals surface area contributed by atoms with Crippen molar-refractivity contribution >= 4 is 34.1 Å². The fourth-order valence-electron chi connectivity index (χ4n) is 2.38. The molecule has 0 bridgehead atoms. The van der Waals surface area contributed by atoms with Crippen LogP contribution in [0.5, 0.6) is 0 Å². The molecule has 2 rings (SSSR count). The van der Waals surface area contributed by atoms with Crippen molar-refractivity contribution in [2.24, 2.45) is 0 Å². The fraction of sp³-hybridized carbons (Fsp3) is 0.263. The lowest BCUT2D eigenvalue weighted by Crippen LogP contribution is -2.16. The summed E-state index contributed by atoms with van der Waals surface area (Å²) in [6, 6.07) is 5.40. The molecule has 26 heavy (non-hydrogen) atoms. The first-order chi connectivity index (χ1) is 12.4. The second-order valence-electron chi connectivity index (χ2n) is 5.64. The molecular weight excluding hydrogens is 357 g/mol. The third kappa shape index (κ3) is 5.28. The molecule has 0 saturated carbocycles. The van der Waals surface area contributed by atoms with E-state index in [9.17, 15) is 9.18 Å². The van der Waals surface area contributed by atoms with Crippen LogP contribution in [0, 0.1) is 0 Å². The number of nitrogens with zero attached hydrogens (tertiary/aromatic N) is 2. The smallest absolute Gasteiger partial charge is 0.250 e. The van der Waals surface area contributed by atoms with Crippen molar-refractivity contribution in [1.82, 2.24) is 9.78 Å². The second kappa shape index (κ2) is 9.31. The highest BCUT2D eigenvalue weighted by Crippen LogP contribution is 2.26. The van der Waals surface area contributed by atoms with E-state index in [1.54, 1.807) is 22.9 Å². The highest BCUT2D eigenvalue weighted by Gasteiger charge is 2.11. The van der Waals surface area contributed by atoms with E-state index in [-0.39, 0.29) is 18.3 Å². The van der Waals surface area contributed by atoms with E-state index in [4.69, 9.17) is 16.3 Å². The number of halogens is 2. The van der Waals surface area contributed by atoms with Gasteiger partial charge in [-0.1, -0.05) is 29.8 Å². The zero-order chi connectivity index (χ0) is 19.1. The number of aromatic nitrogens is 2. The first-order valence-corrected chi connectivity index (χ1v) is 8.43. The number of benzene rings is 1. The Morgan fingerprint density at radius 3 is 2.88 bits per heavy atom. The number of fused-ring (bicyclic) bond motifs is 1. The van der Waals surface area contributed by atoms with Crippen LogP contribution < -0.4 is 5.32 Å². The molecule has 2 aromatic rings. The molecule has 1 aromatic carbocycles. The normalized spacial score (nSPS) is 13.0. The summed E-state index contributed by atoms with van der Waals surface area (Å²) < 4.78 is 19.4. The van der Waals surface area contributed by atoms with Crippen molar-refractivity contribution in [2.45, 2.75) is 20.4 Å². The van der Waals surface area contributed by atoms with Crippen LogP contribution in [0.25, 0.3) is 10.9 Å². The predicted molar refractivity (Wildman–Crippen MR) is 103 cm³/mol. The molecule has 1 N–H and O–H groups in total. The number of hydrogen-bond donors (Lipinski definition) is 1. The standard InChI is InChI=1S/C19H21ClFN3O2/c1-4-14(7-5-6-13(2)21)11-24-17-9-8-15(22-18(25)12-26-3)10-16(17)19(20)23-24/h4-10H,11-12H2,1-3H3,(H,22,25)/b7-5-,13-6+,14-4+. The van der Waals surface area contributed by atoms with Crippen molar-refractivity contribution in [3.63, 3.8) is 0 Å². The highest BCUT2D eigenvalue weighted by atomic mass is 35.5. The van der Waals surface area contributed by atoms with Crippen LogP contribution in [0.1, 0.15) is 13.8 Å². The zero-order valence-electron chi connectivity index (χ0n) is 14.9. The Labute approximate surface area is 156 Å². The van der Waals surface area contributed by atoms with Crippen LogP contribution in [0.3, 0.4) is 0 Å². The summed E-state index contributed by atoms with van der Waals surface area (Å²) in [4.78, 5) is 11.6. The number of carbonyl (C=O) groups is 1.